The van der Waals surface area contributed by atoms with E-state index in [1.54, 1.807) is 24.7 Å². The van der Waals surface area contributed by atoms with Crippen LogP contribution in [0, 0.1) is 0 Å². The highest BCUT2D eigenvalue weighted by Gasteiger charge is 2.34. The maximum atomic E-state index is 13.9. The smallest absolute Gasteiger partial charge is 0.338 e. The minimum absolute atomic E-state index is 0.216. The van der Waals surface area contributed by atoms with E-state index in [4.69, 9.17) is 18.9 Å². The third-order valence-corrected chi connectivity index (χ3v) is 9.03. The number of allylic oxidation sites excluding steroid dienone is 1. The van der Waals surface area contributed by atoms with Crippen LogP contribution >= 0.6 is 39.0 Å². The molecule has 2 aromatic heterocycles. The highest BCUT2D eigenvalue weighted by Crippen LogP contribution is 2.36. The van der Waals surface area contributed by atoms with E-state index in [1.165, 1.54) is 23.1 Å². The quantitative estimate of drug-likeness (QED) is 0.206. The van der Waals surface area contributed by atoms with Crippen molar-refractivity contribution in [1.29, 1.82) is 0 Å². The molecule has 0 radical (unpaired) electrons. The van der Waals surface area contributed by atoms with Gasteiger partial charge in [0.1, 0.15) is 11.5 Å². The van der Waals surface area contributed by atoms with Crippen LogP contribution in [0.1, 0.15) is 44.1 Å². The summed E-state index contributed by atoms with van der Waals surface area (Å²) >= 11 is 6.34. The fourth-order valence-corrected chi connectivity index (χ4v) is 6.83. The van der Waals surface area contributed by atoms with Gasteiger partial charge in [-0.1, -0.05) is 66.8 Å². The minimum atomic E-state index is -0.707. The molecule has 40 heavy (non-hydrogen) atoms. The SMILES string of the molecule is CCCC1=C(C(=O)OCC)[C@H](c2cccc(OC)c2)n2c(s/c(=C/c3cc(Br)c(Sc4ccccc4)o3)c2=O)=N1. The van der Waals surface area contributed by atoms with Gasteiger partial charge in [-0.05, 0) is 65.2 Å². The first-order valence-electron chi connectivity index (χ1n) is 12.8. The Kier molecular flexibility index (Phi) is 8.78. The number of rotatable bonds is 9. The summed E-state index contributed by atoms with van der Waals surface area (Å²) in [6.45, 7) is 4.01. The summed E-state index contributed by atoms with van der Waals surface area (Å²) < 4.78 is 19.8. The van der Waals surface area contributed by atoms with Crippen LogP contribution in [-0.2, 0) is 9.53 Å². The number of carbonyl (C=O) groups is 1. The second-order valence-corrected chi connectivity index (χ2v) is 11.8. The van der Waals surface area contributed by atoms with Gasteiger partial charge in [0.05, 0.1) is 40.0 Å². The molecule has 10 heteroatoms. The van der Waals surface area contributed by atoms with Gasteiger partial charge in [-0.25, -0.2) is 9.79 Å². The summed E-state index contributed by atoms with van der Waals surface area (Å²) in [6, 6.07) is 18.4. The number of fused-ring (bicyclic) bond motifs is 1. The summed E-state index contributed by atoms with van der Waals surface area (Å²) in [5.74, 6) is 0.682. The predicted molar refractivity (Wildman–Crippen MR) is 160 cm³/mol. The Morgan fingerprint density at radius 3 is 2.70 bits per heavy atom. The number of esters is 1. The summed E-state index contributed by atoms with van der Waals surface area (Å²) in [4.78, 5) is 33.6. The fourth-order valence-electron chi connectivity index (χ4n) is 4.48. The number of aromatic nitrogens is 1. The van der Waals surface area contributed by atoms with Crippen LogP contribution in [0.15, 0.2) is 101 Å². The molecule has 1 aliphatic heterocycles. The van der Waals surface area contributed by atoms with E-state index < -0.39 is 12.0 Å². The van der Waals surface area contributed by atoms with Crippen LogP contribution in [0.5, 0.6) is 5.75 Å². The van der Waals surface area contributed by atoms with Crippen molar-refractivity contribution in [3.63, 3.8) is 0 Å². The molecule has 5 rings (SSSR count). The van der Waals surface area contributed by atoms with Crippen LogP contribution < -0.4 is 19.6 Å². The normalized spacial score (nSPS) is 15.1. The van der Waals surface area contributed by atoms with Crippen molar-refractivity contribution >= 4 is 51.1 Å². The lowest BCUT2D eigenvalue weighted by atomic mass is 9.94. The lowest BCUT2D eigenvalue weighted by Gasteiger charge is -2.26. The average molecular weight is 640 g/mol. The van der Waals surface area contributed by atoms with Crippen LogP contribution in [0.2, 0.25) is 0 Å². The molecule has 0 fully saturated rings. The standard InChI is InChI=1S/C30H27BrN2O5S2/c1-4-10-23-25(28(35)37-5-2)26(18-11-9-12-19(15-18)36-3)33-27(34)24(40-30(33)32-23)17-20-16-22(31)29(38-20)39-21-13-7-6-8-14-21/h6-9,11-17,26H,4-5,10H2,1-3H3/b24-17+/t26-/m0/s1. The third kappa shape index (κ3) is 5.75. The lowest BCUT2D eigenvalue weighted by Crippen LogP contribution is -2.40. The van der Waals surface area contributed by atoms with Crippen molar-refractivity contribution in [3.8, 4) is 5.75 Å². The number of nitrogens with zero attached hydrogens (tertiary/aromatic N) is 2. The zero-order valence-corrected chi connectivity index (χ0v) is 25.4. The topological polar surface area (TPSA) is 83.0 Å². The molecular formula is C30H27BrN2O5S2. The van der Waals surface area contributed by atoms with Gasteiger partial charge in [0, 0.05) is 11.0 Å². The van der Waals surface area contributed by atoms with Crippen LogP contribution in [0.25, 0.3) is 6.08 Å². The van der Waals surface area contributed by atoms with Gasteiger partial charge < -0.3 is 13.9 Å². The Morgan fingerprint density at radius 2 is 1.98 bits per heavy atom. The summed E-state index contributed by atoms with van der Waals surface area (Å²) in [7, 11) is 1.58. The third-order valence-electron chi connectivity index (χ3n) is 6.20. The van der Waals surface area contributed by atoms with Crippen LogP contribution in [0.3, 0.4) is 0 Å². The number of hydrogen-bond acceptors (Lipinski definition) is 8. The molecule has 4 aromatic rings. The van der Waals surface area contributed by atoms with Crippen LogP contribution in [-0.4, -0.2) is 24.3 Å². The first-order valence-corrected chi connectivity index (χ1v) is 15.2. The molecule has 0 saturated heterocycles. The Bertz CT molecular complexity index is 1750. The molecule has 1 atom stereocenters. The molecule has 0 unspecified atom stereocenters. The maximum Gasteiger partial charge on any atom is 0.338 e. The number of thiazole rings is 1. The summed E-state index contributed by atoms with van der Waals surface area (Å²) in [6.07, 6.45) is 3.08. The van der Waals surface area contributed by atoms with E-state index in [1.807, 2.05) is 67.6 Å². The first kappa shape index (κ1) is 28.2. The van der Waals surface area contributed by atoms with Gasteiger partial charge in [-0.2, -0.15) is 0 Å². The summed E-state index contributed by atoms with van der Waals surface area (Å²) in [5.41, 5.74) is 1.47. The van der Waals surface area contributed by atoms with Gasteiger partial charge in [0.2, 0.25) is 0 Å². The molecule has 0 spiro atoms. The van der Waals surface area contributed by atoms with Crippen molar-refractivity contribution < 1.29 is 18.7 Å². The Hall–Kier alpha value is -3.34. The monoisotopic (exact) mass is 638 g/mol. The minimum Gasteiger partial charge on any atom is -0.497 e. The molecule has 7 nitrogen and oxygen atoms in total. The Labute approximate surface area is 248 Å². The molecule has 3 heterocycles. The highest BCUT2D eigenvalue weighted by molar-refractivity contribution is 9.10. The molecule has 0 bridgehead atoms. The van der Waals surface area contributed by atoms with Gasteiger partial charge in [0.25, 0.3) is 5.56 Å². The van der Waals surface area contributed by atoms with Crippen molar-refractivity contribution in [1.82, 2.24) is 4.57 Å². The van der Waals surface area contributed by atoms with Gasteiger partial charge in [-0.15, -0.1) is 0 Å². The van der Waals surface area contributed by atoms with Gasteiger partial charge in [0.15, 0.2) is 9.89 Å². The second kappa shape index (κ2) is 12.4. The average Bonchev–Trinajstić information content (AvgIpc) is 3.46. The first-order chi connectivity index (χ1) is 19.4. The maximum absolute atomic E-state index is 13.9. The molecule has 2 aromatic carbocycles. The van der Waals surface area contributed by atoms with E-state index in [0.29, 0.717) is 43.6 Å². The van der Waals surface area contributed by atoms with E-state index in [9.17, 15) is 9.59 Å². The molecule has 1 aliphatic rings. The van der Waals surface area contributed by atoms with E-state index in [2.05, 4.69) is 15.9 Å². The molecule has 0 saturated carbocycles. The second-order valence-electron chi connectivity index (χ2n) is 8.89. The number of furan rings is 1. The van der Waals surface area contributed by atoms with Crippen LogP contribution in [0.4, 0.5) is 0 Å². The van der Waals surface area contributed by atoms with Crippen molar-refractivity contribution in [2.45, 2.75) is 42.7 Å². The van der Waals surface area contributed by atoms with Gasteiger partial charge >= 0.3 is 5.97 Å². The number of ether oxygens (including phenoxy) is 2. The molecule has 0 amide bonds. The largest absolute Gasteiger partial charge is 0.497 e. The number of hydrogen-bond donors (Lipinski definition) is 0. The Balaban J connectivity index is 1.66. The summed E-state index contributed by atoms with van der Waals surface area (Å²) in [5, 5.41) is 0.689. The number of carbonyl (C=O) groups excluding carboxylic acids is 1. The highest BCUT2D eigenvalue weighted by atomic mass is 79.9. The lowest BCUT2D eigenvalue weighted by molar-refractivity contribution is -0.139. The number of benzene rings is 2. The van der Waals surface area contributed by atoms with Crippen molar-refractivity contribution in [2.75, 3.05) is 13.7 Å². The zero-order chi connectivity index (χ0) is 28.2. The number of methoxy groups -OCH3 is 1. The Morgan fingerprint density at radius 1 is 1.18 bits per heavy atom. The fraction of sp³-hybridized carbons (Fsp3) is 0.233. The van der Waals surface area contributed by atoms with Crippen molar-refractivity contribution in [2.24, 2.45) is 4.99 Å². The zero-order valence-electron chi connectivity index (χ0n) is 22.2. The predicted octanol–water partition coefficient (Wildman–Crippen LogP) is 6.09. The van der Waals surface area contributed by atoms with E-state index in [0.717, 1.165) is 21.4 Å². The van der Waals surface area contributed by atoms with Crippen molar-refractivity contribution in [3.05, 3.63) is 107 Å². The molecular weight excluding hydrogens is 612 g/mol. The molecule has 206 valence electrons. The molecule has 0 aliphatic carbocycles. The molecule has 0 N–H and O–H groups in total. The van der Waals surface area contributed by atoms with Gasteiger partial charge in [-0.3, -0.25) is 9.36 Å². The number of halogens is 1. The van der Waals surface area contributed by atoms with E-state index in [-0.39, 0.29) is 12.2 Å². The van der Waals surface area contributed by atoms with E-state index >= 15 is 0 Å².